The Bertz CT molecular complexity index is 1380. The monoisotopic (exact) mass is 516 g/mol. The van der Waals surface area contributed by atoms with E-state index in [1.807, 2.05) is 36.7 Å². The summed E-state index contributed by atoms with van der Waals surface area (Å²) >= 11 is 1.66. The molecule has 4 aromatic rings. The van der Waals surface area contributed by atoms with Crippen LogP contribution in [0.4, 0.5) is 5.82 Å². The number of aromatic nitrogens is 4. The van der Waals surface area contributed by atoms with Crippen molar-refractivity contribution in [2.45, 2.75) is 53.5 Å². The molecule has 0 spiro atoms. The highest BCUT2D eigenvalue weighted by Crippen LogP contribution is 2.35. The molecule has 1 aliphatic heterocycles. The molecule has 1 atom stereocenters. The Hall–Kier alpha value is -3.10. The summed E-state index contributed by atoms with van der Waals surface area (Å²) in [6.07, 6.45) is 5.10. The summed E-state index contributed by atoms with van der Waals surface area (Å²) in [4.78, 5) is 29.2. The largest absolute Gasteiger partial charge is 0.355 e. The normalized spacial score (nSPS) is 15.8. The van der Waals surface area contributed by atoms with Crippen LogP contribution in [0.25, 0.3) is 27.5 Å². The van der Waals surface area contributed by atoms with Gasteiger partial charge in [-0.25, -0.2) is 14.5 Å². The predicted molar refractivity (Wildman–Crippen MR) is 151 cm³/mol. The fourth-order valence-corrected chi connectivity index (χ4v) is 5.95. The Labute approximate surface area is 223 Å². The average molecular weight is 517 g/mol. The number of nitrogens with zero attached hydrogens (tertiary/aromatic N) is 6. The lowest BCUT2D eigenvalue weighted by Crippen LogP contribution is -2.53. The van der Waals surface area contributed by atoms with Crippen molar-refractivity contribution in [3.8, 4) is 21.8 Å². The van der Waals surface area contributed by atoms with E-state index in [9.17, 15) is 4.79 Å². The third kappa shape index (κ3) is 5.31. The first-order valence-corrected chi connectivity index (χ1v) is 14.1. The zero-order valence-corrected chi connectivity index (χ0v) is 23.3. The third-order valence-corrected chi connectivity index (χ3v) is 8.23. The third-order valence-electron chi connectivity index (χ3n) is 7.34. The average Bonchev–Trinajstić information content (AvgIpc) is 3.56. The van der Waals surface area contributed by atoms with Gasteiger partial charge in [0, 0.05) is 37.3 Å². The highest BCUT2D eigenvalue weighted by atomic mass is 32.1. The van der Waals surface area contributed by atoms with Gasteiger partial charge in [0.25, 0.3) is 0 Å². The van der Waals surface area contributed by atoms with E-state index in [1.165, 1.54) is 0 Å². The van der Waals surface area contributed by atoms with Gasteiger partial charge in [-0.05, 0) is 61.5 Å². The van der Waals surface area contributed by atoms with Crippen LogP contribution in [0, 0.1) is 5.41 Å². The Balaban J connectivity index is 1.50. The minimum absolute atomic E-state index is 0.160. The number of hydrogen-bond donors (Lipinski definition) is 0. The molecule has 0 N–H and O–H groups in total. The van der Waals surface area contributed by atoms with Crippen molar-refractivity contribution >= 4 is 28.6 Å². The maximum atomic E-state index is 13.5. The van der Waals surface area contributed by atoms with Gasteiger partial charge in [-0.15, -0.1) is 11.3 Å². The van der Waals surface area contributed by atoms with Gasteiger partial charge >= 0.3 is 0 Å². The molecule has 0 radical (unpaired) electrons. The Morgan fingerprint density at radius 3 is 2.59 bits per heavy atom. The standard InChI is InChI=1S/C29H36N6OS/c1-6-33(7-2)20(3)10-11-25(36)21-15-24(31-27(16-21)34-18-29(4,5)19-34)22-17-30-35-13-12-23(32-28(22)35)26-9-8-14-37-26/h8-9,12-17,20H,6-7,10-11,18-19H2,1-5H3/t20-/m0/s1. The number of thiophene rings is 1. The Morgan fingerprint density at radius 1 is 1.14 bits per heavy atom. The van der Waals surface area contributed by atoms with Crippen LogP contribution in [-0.4, -0.2) is 62.5 Å². The Morgan fingerprint density at radius 2 is 1.92 bits per heavy atom. The van der Waals surface area contributed by atoms with Gasteiger partial charge in [0.15, 0.2) is 11.4 Å². The second-order valence-electron chi connectivity index (χ2n) is 10.8. The van der Waals surface area contributed by atoms with Gasteiger partial charge in [-0.2, -0.15) is 5.10 Å². The summed E-state index contributed by atoms with van der Waals surface area (Å²) in [5.41, 5.74) is 4.20. The van der Waals surface area contributed by atoms with E-state index in [-0.39, 0.29) is 11.2 Å². The van der Waals surface area contributed by atoms with Crippen LogP contribution in [0.2, 0.25) is 0 Å². The Kier molecular flexibility index (Phi) is 7.14. The molecule has 0 aromatic carbocycles. The number of carbonyl (C=O) groups is 1. The van der Waals surface area contributed by atoms with E-state index in [2.05, 4.69) is 61.0 Å². The first kappa shape index (κ1) is 25.5. The summed E-state index contributed by atoms with van der Waals surface area (Å²) in [7, 11) is 0. The minimum atomic E-state index is 0.160. The maximum absolute atomic E-state index is 13.5. The molecule has 5 heterocycles. The fraction of sp³-hybridized carbons (Fsp3) is 0.448. The van der Waals surface area contributed by atoms with Crippen LogP contribution < -0.4 is 4.90 Å². The molecule has 0 aliphatic carbocycles. The SMILES string of the molecule is CCN(CC)[C@@H](C)CCC(=O)c1cc(-c2cnn3ccc(-c4cccs4)nc23)nc(N2CC(C)(C)C2)c1. The van der Waals surface area contributed by atoms with Crippen molar-refractivity contribution in [1.82, 2.24) is 24.5 Å². The minimum Gasteiger partial charge on any atom is -0.355 e. The molecule has 0 bridgehead atoms. The molecule has 0 saturated carbocycles. The first-order chi connectivity index (χ1) is 17.8. The molecule has 1 saturated heterocycles. The van der Waals surface area contributed by atoms with Crippen LogP contribution in [-0.2, 0) is 0 Å². The lowest BCUT2D eigenvalue weighted by Gasteiger charge is -2.46. The summed E-state index contributed by atoms with van der Waals surface area (Å²) in [6.45, 7) is 14.9. The number of ketones is 1. The van der Waals surface area contributed by atoms with Gasteiger partial charge in [-0.3, -0.25) is 4.79 Å². The van der Waals surface area contributed by atoms with E-state index in [1.54, 1.807) is 15.9 Å². The van der Waals surface area contributed by atoms with Crippen LogP contribution in [0.3, 0.4) is 0 Å². The summed E-state index contributed by atoms with van der Waals surface area (Å²) in [6, 6.07) is 10.3. The maximum Gasteiger partial charge on any atom is 0.165 e. The van der Waals surface area contributed by atoms with Gasteiger partial charge < -0.3 is 9.80 Å². The van der Waals surface area contributed by atoms with Crippen molar-refractivity contribution in [3.63, 3.8) is 0 Å². The number of carbonyl (C=O) groups excluding carboxylic acids is 1. The van der Waals surface area contributed by atoms with E-state index in [4.69, 9.17) is 9.97 Å². The molecule has 4 aromatic heterocycles. The van der Waals surface area contributed by atoms with Crippen molar-refractivity contribution in [2.24, 2.45) is 5.41 Å². The fourth-order valence-electron chi connectivity index (χ4n) is 5.25. The molecule has 1 fully saturated rings. The summed E-state index contributed by atoms with van der Waals surface area (Å²) in [5.74, 6) is 1.01. The van der Waals surface area contributed by atoms with Crippen molar-refractivity contribution in [3.05, 3.63) is 53.7 Å². The smallest absolute Gasteiger partial charge is 0.165 e. The van der Waals surface area contributed by atoms with Gasteiger partial charge in [0.1, 0.15) is 5.82 Å². The number of fused-ring (bicyclic) bond motifs is 1. The van der Waals surface area contributed by atoms with Crippen LogP contribution in [0.15, 0.2) is 48.1 Å². The summed E-state index contributed by atoms with van der Waals surface area (Å²) < 4.78 is 1.78. The molecule has 8 heteroatoms. The number of anilines is 1. The second kappa shape index (κ2) is 10.3. The van der Waals surface area contributed by atoms with E-state index < -0.39 is 0 Å². The van der Waals surface area contributed by atoms with Gasteiger partial charge in [-0.1, -0.05) is 33.8 Å². The van der Waals surface area contributed by atoms with Crippen LogP contribution >= 0.6 is 11.3 Å². The van der Waals surface area contributed by atoms with E-state index in [0.29, 0.717) is 18.0 Å². The molecule has 0 unspecified atom stereocenters. The van der Waals surface area contributed by atoms with Crippen LogP contribution in [0.5, 0.6) is 0 Å². The molecule has 0 amide bonds. The van der Waals surface area contributed by atoms with Crippen molar-refractivity contribution < 1.29 is 4.79 Å². The molecular formula is C29H36N6OS. The zero-order valence-electron chi connectivity index (χ0n) is 22.4. The number of pyridine rings is 1. The first-order valence-electron chi connectivity index (χ1n) is 13.2. The van der Waals surface area contributed by atoms with Gasteiger partial charge in [0.2, 0.25) is 0 Å². The number of hydrogen-bond acceptors (Lipinski definition) is 7. The van der Waals surface area contributed by atoms with Crippen molar-refractivity contribution in [1.29, 1.82) is 0 Å². The molecule has 1 aliphatic rings. The van der Waals surface area contributed by atoms with Gasteiger partial charge in [0.05, 0.1) is 28.0 Å². The van der Waals surface area contributed by atoms with Crippen LogP contribution in [0.1, 0.15) is 57.8 Å². The summed E-state index contributed by atoms with van der Waals surface area (Å²) in [5, 5.41) is 6.59. The predicted octanol–water partition coefficient (Wildman–Crippen LogP) is 6.06. The molecule has 7 nitrogen and oxygen atoms in total. The lowest BCUT2D eigenvalue weighted by atomic mass is 9.84. The molecule has 5 rings (SSSR count). The molecular weight excluding hydrogens is 480 g/mol. The second-order valence-corrected chi connectivity index (χ2v) is 11.7. The van der Waals surface area contributed by atoms with Crippen molar-refractivity contribution in [2.75, 3.05) is 31.1 Å². The topological polar surface area (TPSA) is 66.6 Å². The highest BCUT2D eigenvalue weighted by Gasteiger charge is 2.35. The molecule has 37 heavy (non-hydrogen) atoms. The van der Waals surface area contributed by atoms with E-state index in [0.717, 1.165) is 65.9 Å². The highest BCUT2D eigenvalue weighted by molar-refractivity contribution is 7.13. The number of Topliss-reactive ketones (excluding diaryl/α,β-unsaturated/α-hetero) is 1. The molecule has 194 valence electrons. The van der Waals surface area contributed by atoms with E-state index >= 15 is 0 Å². The quantitative estimate of drug-likeness (QED) is 0.239. The zero-order chi connectivity index (χ0) is 26.2. The number of rotatable bonds is 10. The lowest BCUT2D eigenvalue weighted by molar-refractivity contribution is 0.0964.